The molecule has 0 heterocycles. The lowest BCUT2D eigenvalue weighted by Crippen LogP contribution is -2.31. The molecule has 0 aromatic heterocycles. The fourth-order valence-corrected chi connectivity index (χ4v) is 0.508. The quantitative estimate of drug-likeness (QED) is 0.349. The average molecular weight is 132 g/mol. The molecule has 0 saturated heterocycles. The molecule has 0 aliphatic heterocycles. The van der Waals surface area contributed by atoms with Crippen molar-refractivity contribution in [3.8, 4) is 0 Å². The maximum absolute atomic E-state index is 9.86. The van der Waals surface area contributed by atoms with Crippen LogP contribution in [0.15, 0.2) is 0 Å². The van der Waals surface area contributed by atoms with Crippen molar-refractivity contribution in [1.82, 2.24) is 4.90 Å². The summed E-state index contributed by atoms with van der Waals surface area (Å²) in [5, 5.41) is 8.50. The normalized spacial score (nSPS) is 10.1. The molecule has 0 rings (SSSR count). The van der Waals surface area contributed by atoms with Gasteiger partial charge in [0.2, 0.25) is 0 Å². The highest BCUT2D eigenvalue weighted by molar-refractivity contribution is 5.51. The van der Waals surface area contributed by atoms with Crippen molar-refractivity contribution in [1.29, 1.82) is 0 Å². The van der Waals surface area contributed by atoms with Crippen LogP contribution in [0.2, 0.25) is 0 Å². The third kappa shape index (κ3) is 4.08. The molecule has 4 nitrogen and oxygen atoms in total. The van der Waals surface area contributed by atoms with E-state index in [1.807, 2.05) is 0 Å². The van der Waals surface area contributed by atoms with E-state index in [1.54, 1.807) is 4.90 Å². The molecule has 0 amide bonds. The standard InChI is InChI=1S/C5H12N2O2/c6-1-2-7(5-9)3-4-8/h4,9H,1-3,5-6H2. The molecule has 0 atom stereocenters. The SMILES string of the molecule is NCCN(CO)CC=O. The van der Waals surface area contributed by atoms with E-state index in [4.69, 9.17) is 10.8 Å². The maximum Gasteiger partial charge on any atom is 0.134 e. The Morgan fingerprint density at radius 1 is 1.67 bits per heavy atom. The first-order chi connectivity index (χ1) is 4.35. The van der Waals surface area contributed by atoms with Gasteiger partial charge in [-0.05, 0) is 0 Å². The molecule has 0 aliphatic carbocycles. The highest BCUT2D eigenvalue weighted by atomic mass is 16.3. The Bertz CT molecular complexity index is 77.4. The van der Waals surface area contributed by atoms with Crippen molar-refractivity contribution in [2.24, 2.45) is 5.73 Å². The lowest BCUT2D eigenvalue weighted by atomic mass is 10.5. The zero-order chi connectivity index (χ0) is 7.11. The van der Waals surface area contributed by atoms with Crippen LogP contribution in [0.5, 0.6) is 0 Å². The summed E-state index contributed by atoms with van der Waals surface area (Å²) >= 11 is 0. The molecule has 9 heavy (non-hydrogen) atoms. The third-order valence-corrected chi connectivity index (χ3v) is 0.978. The van der Waals surface area contributed by atoms with E-state index in [0.717, 1.165) is 6.29 Å². The van der Waals surface area contributed by atoms with Crippen LogP contribution in [-0.4, -0.2) is 42.7 Å². The summed E-state index contributed by atoms with van der Waals surface area (Å²) < 4.78 is 0. The molecule has 4 heteroatoms. The first-order valence-electron chi connectivity index (χ1n) is 2.82. The molecular formula is C5H12N2O2. The molecule has 0 bridgehead atoms. The van der Waals surface area contributed by atoms with E-state index >= 15 is 0 Å². The second-order valence-electron chi connectivity index (χ2n) is 1.67. The molecular weight excluding hydrogens is 120 g/mol. The number of carbonyl (C=O) groups is 1. The molecule has 0 unspecified atom stereocenters. The van der Waals surface area contributed by atoms with Gasteiger partial charge in [-0.1, -0.05) is 0 Å². The summed E-state index contributed by atoms with van der Waals surface area (Å²) in [6.07, 6.45) is 0.742. The van der Waals surface area contributed by atoms with E-state index in [1.165, 1.54) is 0 Å². The summed E-state index contributed by atoms with van der Waals surface area (Å²) in [7, 11) is 0. The average Bonchev–Trinajstić information content (AvgIpc) is 1.88. The van der Waals surface area contributed by atoms with Gasteiger partial charge in [0.25, 0.3) is 0 Å². The summed E-state index contributed by atoms with van der Waals surface area (Å²) in [5.74, 6) is 0. The van der Waals surface area contributed by atoms with Gasteiger partial charge in [0, 0.05) is 13.1 Å². The van der Waals surface area contributed by atoms with Gasteiger partial charge in [0.1, 0.15) is 6.29 Å². The number of aliphatic hydroxyl groups excluding tert-OH is 1. The van der Waals surface area contributed by atoms with Crippen molar-refractivity contribution < 1.29 is 9.90 Å². The van der Waals surface area contributed by atoms with Crippen LogP contribution in [0.1, 0.15) is 0 Å². The van der Waals surface area contributed by atoms with Crippen molar-refractivity contribution in [2.75, 3.05) is 26.4 Å². The Hall–Kier alpha value is -0.450. The fourth-order valence-electron chi connectivity index (χ4n) is 0.508. The van der Waals surface area contributed by atoms with Crippen LogP contribution >= 0.6 is 0 Å². The van der Waals surface area contributed by atoms with Gasteiger partial charge in [-0.25, -0.2) is 0 Å². The molecule has 0 saturated carbocycles. The minimum absolute atomic E-state index is 0.101. The Labute approximate surface area is 54.3 Å². The number of nitrogens with two attached hydrogens (primary N) is 1. The van der Waals surface area contributed by atoms with Crippen LogP contribution < -0.4 is 5.73 Å². The van der Waals surface area contributed by atoms with Gasteiger partial charge < -0.3 is 15.6 Å². The smallest absolute Gasteiger partial charge is 0.134 e. The number of hydrogen-bond acceptors (Lipinski definition) is 4. The number of nitrogens with zero attached hydrogens (tertiary/aromatic N) is 1. The predicted octanol–water partition coefficient (Wildman–Crippen LogP) is -1.60. The molecule has 0 spiro atoms. The number of rotatable bonds is 5. The second kappa shape index (κ2) is 5.68. The van der Waals surface area contributed by atoms with Crippen LogP contribution in [0, 0.1) is 0 Å². The predicted molar refractivity (Wildman–Crippen MR) is 33.8 cm³/mol. The minimum Gasteiger partial charge on any atom is -0.381 e. The second-order valence-corrected chi connectivity index (χ2v) is 1.67. The molecule has 0 aromatic rings. The number of aldehydes is 1. The summed E-state index contributed by atoms with van der Waals surface area (Å²) in [4.78, 5) is 11.4. The van der Waals surface area contributed by atoms with E-state index in [2.05, 4.69) is 0 Å². The lowest BCUT2D eigenvalue weighted by molar-refractivity contribution is -0.109. The molecule has 0 radical (unpaired) electrons. The molecule has 0 fully saturated rings. The van der Waals surface area contributed by atoms with Crippen LogP contribution in [0.3, 0.4) is 0 Å². The Morgan fingerprint density at radius 3 is 2.67 bits per heavy atom. The number of hydrogen-bond donors (Lipinski definition) is 2. The largest absolute Gasteiger partial charge is 0.381 e. The van der Waals surface area contributed by atoms with Gasteiger partial charge in [-0.15, -0.1) is 0 Å². The van der Waals surface area contributed by atoms with Gasteiger partial charge in [-0.2, -0.15) is 0 Å². The van der Waals surface area contributed by atoms with Gasteiger partial charge >= 0.3 is 0 Å². The molecule has 54 valence electrons. The lowest BCUT2D eigenvalue weighted by Gasteiger charge is -2.13. The molecule has 3 N–H and O–H groups in total. The van der Waals surface area contributed by atoms with Crippen LogP contribution in [-0.2, 0) is 4.79 Å². The monoisotopic (exact) mass is 132 g/mol. The van der Waals surface area contributed by atoms with Gasteiger partial charge in [-0.3, -0.25) is 4.90 Å². The Balaban J connectivity index is 3.28. The Kier molecular flexibility index (Phi) is 5.40. The van der Waals surface area contributed by atoms with E-state index in [-0.39, 0.29) is 13.3 Å². The van der Waals surface area contributed by atoms with Crippen LogP contribution in [0.25, 0.3) is 0 Å². The molecule has 0 aliphatic rings. The third-order valence-electron chi connectivity index (χ3n) is 0.978. The highest BCUT2D eigenvalue weighted by Gasteiger charge is 1.97. The van der Waals surface area contributed by atoms with Gasteiger partial charge in [0.15, 0.2) is 0 Å². The van der Waals surface area contributed by atoms with E-state index < -0.39 is 0 Å². The zero-order valence-corrected chi connectivity index (χ0v) is 5.29. The zero-order valence-electron chi connectivity index (χ0n) is 5.29. The summed E-state index contributed by atoms with van der Waals surface area (Å²) in [5.41, 5.74) is 5.17. The number of aliphatic hydroxyl groups is 1. The van der Waals surface area contributed by atoms with E-state index in [9.17, 15) is 4.79 Å². The molecule has 0 aromatic carbocycles. The topological polar surface area (TPSA) is 66.6 Å². The van der Waals surface area contributed by atoms with Crippen molar-refractivity contribution in [3.05, 3.63) is 0 Å². The van der Waals surface area contributed by atoms with E-state index in [0.29, 0.717) is 13.1 Å². The van der Waals surface area contributed by atoms with Crippen LogP contribution in [0.4, 0.5) is 0 Å². The Morgan fingerprint density at radius 2 is 2.33 bits per heavy atom. The maximum atomic E-state index is 9.86. The minimum atomic E-state index is -0.101. The van der Waals surface area contributed by atoms with Crippen molar-refractivity contribution in [3.63, 3.8) is 0 Å². The van der Waals surface area contributed by atoms with Crippen molar-refractivity contribution in [2.45, 2.75) is 0 Å². The number of carbonyl (C=O) groups excluding carboxylic acids is 1. The first kappa shape index (κ1) is 8.55. The fraction of sp³-hybridized carbons (Fsp3) is 0.800. The highest BCUT2D eigenvalue weighted by Crippen LogP contribution is 1.78. The van der Waals surface area contributed by atoms with Gasteiger partial charge in [0.05, 0.1) is 13.3 Å². The first-order valence-corrected chi connectivity index (χ1v) is 2.82. The summed E-state index contributed by atoms with van der Waals surface area (Å²) in [6.45, 7) is 1.19. The summed E-state index contributed by atoms with van der Waals surface area (Å²) in [6, 6.07) is 0. The van der Waals surface area contributed by atoms with Crippen molar-refractivity contribution >= 4 is 6.29 Å².